The van der Waals surface area contributed by atoms with Gasteiger partial charge in [-0.25, -0.2) is 0 Å². The van der Waals surface area contributed by atoms with Crippen LogP contribution in [0.25, 0.3) is 6.08 Å². The van der Waals surface area contributed by atoms with Crippen LogP contribution in [0, 0.1) is 6.20 Å². The van der Waals surface area contributed by atoms with Crippen molar-refractivity contribution < 1.29 is 0 Å². The zero-order chi connectivity index (χ0) is 7.68. The van der Waals surface area contributed by atoms with Crippen molar-refractivity contribution in [3.05, 3.63) is 41.6 Å². The standard InChI is InChI=1S/C9H7BrN/c10-9-8-4-2-1-3-7(8)5-6-11-9/h1-5,9,11H. The van der Waals surface area contributed by atoms with Gasteiger partial charge in [0.15, 0.2) is 0 Å². The number of benzene rings is 1. The summed E-state index contributed by atoms with van der Waals surface area (Å²) < 4.78 is 0. The Kier molecular flexibility index (Phi) is 1.70. The average molecular weight is 209 g/mol. The first-order valence-electron chi connectivity index (χ1n) is 3.45. The maximum absolute atomic E-state index is 3.49. The normalized spacial score (nSPS) is 20.6. The van der Waals surface area contributed by atoms with Crippen LogP contribution >= 0.6 is 15.9 Å². The Bertz CT molecular complexity index is 293. The van der Waals surface area contributed by atoms with Gasteiger partial charge in [0, 0.05) is 0 Å². The number of hydrogen-bond donors (Lipinski definition) is 1. The lowest BCUT2D eigenvalue weighted by Crippen LogP contribution is -2.13. The van der Waals surface area contributed by atoms with E-state index in [1.807, 2.05) is 18.2 Å². The predicted molar refractivity (Wildman–Crippen MR) is 49.0 cm³/mol. The molecule has 55 valence electrons. The third kappa shape index (κ3) is 1.18. The van der Waals surface area contributed by atoms with Crippen molar-refractivity contribution in [2.45, 2.75) is 4.95 Å². The van der Waals surface area contributed by atoms with Crippen molar-refractivity contribution in [1.29, 1.82) is 0 Å². The van der Waals surface area contributed by atoms with Crippen molar-refractivity contribution >= 4 is 22.0 Å². The molecule has 0 saturated carbocycles. The van der Waals surface area contributed by atoms with Gasteiger partial charge in [-0.1, -0.05) is 40.2 Å². The highest BCUT2D eigenvalue weighted by Gasteiger charge is 2.11. The molecule has 0 saturated heterocycles. The summed E-state index contributed by atoms with van der Waals surface area (Å²) in [6.45, 7) is 0. The van der Waals surface area contributed by atoms with E-state index in [0.717, 1.165) is 0 Å². The zero-order valence-electron chi connectivity index (χ0n) is 5.84. The highest BCUT2D eigenvalue weighted by Crippen LogP contribution is 2.26. The molecule has 1 unspecified atom stereocenters. The summed E-state index contributed by atoms with van der Waals surface area (Å²) in [7, 11) is 0. The quantitative estimate of drug-likeness (QED) is 0.511. The summed E-state index contributed by atoms with van der Waals surface area (Å²) in [5, 5.41) is 3.05. The second-order valence-electron chi connectivity index (χ2n) is 2.42. The van der Waals surface area contributed by atoms with Crippen LogP contribution in [0.1, 0.15) is 16.1 Å². The molecule has 2 heteroatoms. The summed E-state index contributed by atoms with van der Waals surface area (Å²) in [5.41, 5.74) is 2.50. The molecule has 1 heterocycles. The molecule has 0 spiro atoms. The lowest BCUT2D eigenvalue weighted by atomic mass is 10.1. The van der Waals surface area contributed by atoms with Gasteiger partial charge in [-0.2, -0.15) is 0 Å². The van der Waals surface area contributed by atoms with Crippen LogP contribution in [0.5, 0.6) is 0 Å². The highest BCUT2D eigenvalue weighted by molar-refractivity contribution is 9.09. The monoisotopic (exact) mass is 208 g/mol. The second-order valence-corrected chi connectivity index (χ2v) is 3.34. The van der Waals surface area contributed by atoms with E-state index < -0.39 is 0 Å². The minimum absolute atomic E-state index is 0.212. The molecular formula is C9H7BrN. The smallest absolute Gasteiger partial charge is 0.108 e. The van der Waals surface area contributed by atoms with E-state index in [1.54, 1.807) is 0 Å². The van der Waals surface area contributed by atoms with Gasteiger partial charge < -0.3 is 5.32 Å². The Morgan fingerprint density at radius 1 is 1.36 bits per heavy atom. The average Bonchev–Trinajstić information content (AvgIpc) is 2.06. The van der Waals surface area contributed by atoms with E-state index in [2.05, 4.69) is 39.6 Å². The third-order valence-electron chi connectivity index (χ3n) is 1.71. The summed E-state index contributed by atoms with van der Waals surface area (Å²) in [6.07, 6.45) is 4.92. The van der Waals surface area contributed by atoms with Crippen LogP contribution in [-0.4, -0.2) is 0 Å². The largest absolute Gasteiger partial charge is 0.367 e. The van der Waals surface area contributed by atoms with Crippen LogP contribution in [0.2, 0.25) is 0 Å². The molecule has 0 amide bonds. The predicted octanol–water partition coefficient (Wildman–Crippen LogP) is 2.46. The molecule has 0 aromatic heterocycles. The molecule has 1 aliphatic rings. The van der Waals surface area contributed by atoms with Gasteiger partial charge in [0.1, 0.15) is 4.95 Å². The molecule has 1 aromatic carbocycles. The summed E-state index contributed by atoms with van der Waals surface area (Å²) in [6, 6.07) is 8.24. The number of alkyl halides is 1. The van der Waals surface area contributed by atoms with Crippen LogP contribution in [0.15, 0.2) is 24.3 Å². The van der Waals surface area contributed by atoms with Gasteiger partial charge >= 0.3 is 0 Å². The Morgan fingerprint density at radius 3 is 3.00 bits per heavy atom. The SMILES string of the molecule is BrC1N[C]=Cc2ccccc21. The molecule has 1 aromatic rings. The lowest BCUT2D eigenvalue weighted by molar-refractivity contribution is 0.826. The molecule has 1 N–H and O–H groups in total. The Hall–Kier alpha value is -0.760. The molecule has 1 aliphatic heterocycles. The van der Waals surface area contributed by atoms with Crippen LogP contribution in [0.3, 0.4) is 0 Å². The van der Waals surface area contributed by atoms with Crippen molar-refractivity contribution in [3.8, 4) is 0 Å². The molecule has 11 heavy (non-hydrogen) atoms. The Balaban J connectivity index is 2.54. The molecular weight excluding hydrogens is 202 g/mol. The van der Waals surface area contributed by atoms with E-state index >= 15 is 0 Å². The van der Waals surface area contributed by atoms with Gasteiger partial charge in [0.2, 0.25) is 0 Å². The van der Waals surface area contributed by atoms with E-state index in [0.29, 0.717) is 0 Å². The van der Waals surface area contributed by atoms with Crippen LogP contribution in [-0.2, 0) is 0 Å². The van der Waals surface area contributed by atoms with Crippen molar-refractivity contribution in [2.24, 2.45) is 0 Å². The van der Waals surface area contributed by atoms with E-state index in [4.69, 9.17) is 0 Å². The first-order valence-corrected chi connectivity index (χ1v) is 4.37. The summed E-state index contributed by atoms with van der Waals surface area (Å²) in [5.74, 6) is 0. The summed E-state index contributed by atoms with van der Waals surface area (Å²) >= 11 is 3.49. The molecule has 1 radical (unpaired) electrons. The van der Waals surface area contributed by atoms with Gasteiger partial charge in [-0.15, -0.1) is 0 Å². The van der Waals surface area contributed by atoms with Gasteiger partial charge in [-0.05, 0) is 17.2 Å². The lowest BCUT2D eigenvalue weighted by Gasteiger charge is -2.16. The first-order chi connectivity index (χ1) is 5.38. The van der Waals surface area contributed by atoms with E-state index in [-0.39, 0.29) is 4.95 Å². The van der Waals surface area contributed by atoms with Crippen molar-refractivity contribution in [3.63, 3.8) is 0 Å². The number of nitrogens with one attached hydrogen (secondary N) is 1. The maximum Gasteiger partial charge on any atom is 0.108 e. The molecule has 0 fully saturated rings. The van der Waals surface area contributed by atoms with Gasteiger partial charge in [-0.3, -0.25) is 0 Å². The fourth-order valence-corrected chi connectivity index (χ4v) is 1.69. The minimum Gasteiger partial charge on any atom is -0.367 e. The molecule has 2 rings (SSSR count). The third-order valence-corrected chi connectivity index (χ3v) is 2.43. The number of fused-ring (bicyclic) bond motifs is 1. The van der Waals surface area contributed by atoms with E-state index in [1.165, 1.54) is 11.1 Å². The maximum atomic E-state index is 3.49. The zero-order valence-corrected chi connectivity index (χ0v) is 7.43. The molecule has 1 nitrogen and oxygen atoms in total. The summed E-state index contributed by atoms with van der Waals surface area (Å²) in [4.78, 5) is 0.212. The topological polar surface area (TPSA) is 12.0 Å². The molecule has 0 aliphatic carbocycles. The van der Waals surface area contributed by atoms with Gasteiger partial charge in [0.25, 0.3) is 0 Å². The highest BCUT2D eigenvalue weighted by atomic mass is 79.9. The molecule has 1 atom stereocenters. The number of rotatable bonds is 0. The van der Waals surface area contributed by atoms with Crippen molar-refractivity contribution in [2.75, 3.05) is 0 Å². The van der Waals surface area contributed by atoms with E-state index in [9.17, 15) is 0 Å². The second kappa shape index (κ2) is 2.70. The Labute approximate surface area is 74.2 Å². The first kappa shape index (κ1) is 6.92. The number of hydrogen-bond acceptors (Lipinski definition) is 1. The van der Waals surface area contributed by atoms with Crippen LogP contribution in [0.4, 0.5) is 0 Å². The number of halogens is 1. The fraction of sp³-hybridized carbons (Fsp3) is 0.111. The van der Waals surface area contributed by atoms with Gasteiger partial charge in [0.05, 0.1) is 6.20 Å². The molecule has 0 bridgehead atoms. The fourth-order valence-electron chi connectivity index (χ4n) is 1.14. The van der Waals surface area contributed by atoms with Crippen LogP contribution < -0.4 is 5.32 Å². The minimum atomic E-state index is 0.212. The van der Waals surface area contributed by atoms with Crippen molar-refractivity contribution in [1.82, 2.24) is 5.32 Å². The Morgan fingerprint density at radius 2 is 2.18 bits per heavy atom.